The number of likely N-dealkylation sites (tertiary alicyclic amines) is 1. The molecule has 1 heterocycles. The van der Waals surface area contributed by atoms with Crippen molar-refractivity contribution >= 4 is 5.78 Å². The Balaban J connectivity index is 2.64. The first-order valence-electron chi connectivity index (χ1n) is 3.81. The van der Waals surface area contributed by atoms with E-state index in [0.29, 0.717) is 18.7 Å². The van der Waals surface area contributed by atoms with Gasteiger partial charge in [-0.05, 0) is 13.8 Å². The van der Waals surface area contributed by atoms with Crippen molar-refractivity contribution in [3.63, 3.8) is 0 Å². The second kappa shape index (κ2) is 2.67. The standard InChI is InChI=1S/C9H13NO/c1-4-9(2,3)10-6-5-8(11)7-10/h1H,5-7H2,2-3H3. The SMILES string of the molecule is C#CC(C)(C)N1CCC(=O)C1. The van der Waals surface area contributed by atoms with Gasteiger partial charge in [0, 0.05) is 13.0 Å². The van der Waals surface area contributed by atoms with Crippen LogP contribution in [0.5, 0.6) is 0 Å². The van der Waals surface area contributed by atoms with E-state index in [1.54, 1.807) is 0 Å². The highest BCUT2D eigenvalue weighted by atomic mass is 16.1. The summed E-state index contributed by atoms with van der Waals surface area (Å²) in [5, 5.41) is 0. The van der Waals surface area contributed by atoms with E-state index in [1.165, 1.54) is 0 Å². The molecule has 11 heavy (non-hydrogen) atoms. The third-order valence-electron chi connectivity index (χ3n) is 2.17. The highest BCUT2D eigenvalue weighted by molar-refractivity contribution is 5.82. The average molecular weight is 151 g/mol. The maximum absolute atomic E-state index is 10.9. The molecule has 0 amide bonds. The maximum atomic E-state index is 10.9. The lowest BCUT2D eigenvalue weighted by Gasteiger charge is -2.29. The van der Waals surface area contributed by atoms with Gasteiger partial charge in [0.05, 0.1) is 12.1 Å². The van der Waals surface area contributed by atoms with Crippen LogP contribution in [-0.4, -0.2) is 29.3 Å². The Morgan fingerprint density at radius 1 is 1.64 bits per heavy atom. The Bertz CT molecular complexity index is 212. The molecule has 0 bridgehead atoms. The normalized spacial score (nSPS) is 20.3. The Labute approximate surface area is 67.6 Å². The van der Waals surface area contributed by atoms with Crippen molar-refractivity contribution in [1.29, 1.82) is 0 Å². The van der Waals surface area contributed by atoms with Gasteiger partial charge < -0.3 is 0 Å². The van der Waals surface area contributed by atoms with Crippen LogP contribution in [0.15, 0.2) is 0 Å². The third-order valence-corrected chi connectivity index (χ3v) is 2.17. The van der Waals surface area contributed by atoms with E-state index in [9.17, 15) is 4.79 Å². The van der Waals surface area contributed by atoms with Gasteiger partial charge in [-0.2, -0.15) is 0 Å². The van der Waals surface area contributed by atoms with Gasteiger partial charge in [0.1, 0.15) is 5.78 Å². The van der Waals surface area contributed by atoms with E-state index < -0.39 is 0 Å². The predicted molar refractivity (Wildman–Crippen MR) is 44.1 cm³/mol. The Morgan fingerprint density at radius 3 is 2.64 bits per heavy atom. The molecular formula is C9H13NO. The molecule has 0 aromatic carbocycles. The first-order chi connectivity index (χ1) is 5.06. The number of nitrogens with zero attached hydrogens (tertiary/aromatic N) is 1. The summed E-state index contributed by atoms with van der Waals surface area (Å²) < 4.78 is 0. The summed E-state index contributed by atoms with van der Waals surface area (Å²) in [5.74, 6) is 2.98. The van der Waals surface area contributed by atoms with Gasteiger partial charge >= 0.3 is 0 Å². The van der Waals surface area contributed by atoms with E-state index in [1.807, 2.05) is 18.7 Å². The molecule has 0 aromatic heterocycles. The van der Waals surface area contributed by atoms with Crippen LogP contribution < -0.4 is 0 Å². The number of terminal acetylenes is 1. The molecule has 1 aliphatic heterocycles. The molecular weight excluding hydrogens is 138 g/mol. The lowest BCUT2D eigenvalue weighted by molar-refractivity contribution is -0.117. The van der Waals surface area contributed by atoms with Crippen LogP contribution in [0.1, 0.15) is 20.3 Å². The number of hydrogen-bond acceptors (Lipinski definition) is 2. The molecule has 2 heteroatoms. The molecule has 0 saturated carbocycles. The predicted octanol–water partition coefficient (Wildman–Crippen LogP) is 0.673. The van der Waals surface area contributed by atoms with Crippen LogP contribution in [0.2, 0.25) is 0 Å². The molecule has 2 nitrogen and oxygen atoms in total. The number of carbonyl (C=O) groups is 1. The third kappa shape index (κ3) is 1.61. The lowest BCUT2D eigenvalue weighted by Crippen LogP contribution is -2.41. The highest BCUT2D eigenvalue weighted by Crippen LogP contribution is 2.17. The highest BCUT2D eigenvalue weighted by Gasteiger charge is 2.30. The quantitative estimate of drug-likeness (QED) is 0.513. The van der Waals surface area contributed by atoms with Gasteiger partial charge in [-0.25, -0.2) is 0 Å². The Hall–Kier alpha value is -0.810. The van der Waals surface area contributed by atoms with Crippen molar-refractivity contribution in [2.75, 3.05) is 13.1 Å². The van der Waals surface area contributed by atoms with Crippen molar-refractivity contribution in [2.24, 2.45) is 0 Å². The lowest BCUT2D eigenvalue weighted by atomic mass is 10.1. The van der Waals surface area contributed by atoms with Crippen LogP contribution in [0.3, 0.4) is 0 Å². The smallest absolute Gasteiger partial charge is 0.148 e. The maximum Gasteiger partial charge on any atom is 0.148 e. The van der Waals surface area contributed by atoms with Crippen LogP contribution in [0.25, 0.3) is 0 Å². The first kappa shape index (κ1) is 8.29. The fraction of sp³-hybridized carbons (Fsp3) is 0.667. The van der Waals surface area contributed by atoms with Crippen LogP contribution in [0.4, 0.5) is 0 Å². The molecule has 0 aliphatic carbocycles. The number of hydrogen-bond donors (Lipinski definition) is 0. The number of rotatable bonds is 1. The molecule has 60 valence electrons. The van der Waals surface area contributed by atoms with Crippen molar-refractivity contribution in [3.05, 3.63) is 0 Å². The minimum Gasteiger partial charge on any atom is -0.298 e. The molecule has 0 N–H and O–H groups in total. The first-order valence-corrected chi connectivity index (χ1v) is 3.81. The van der Waals surface area contributed by atoms with E-state index in [4.69, 9.17) is 6.42 Å². The number of ketones is 1. The minimum atomic E-state index is -0.258. The van der Waals surface area contributed by atoms with Crippen molar-refractivity contribution in [2.45, 2.75) is 25.8 Å². The van der Waals surface area contributed by atoms with Gasteiger partial charge in [0.25, 0.3) is 0 Å². The second-order valence-corrected chi connectivity index (χ2v) is 3.41. The molecule has 1 aliphatic rings. The van der Waals surface area contributed by atoms with Gasteiger partial charge in [-0.15, -0.1) is 6.42 Å². The van der Waals surface area contributed by atoms with E-state index in [0.717, 1.165) is 6.54 Å². The largest absolute Gasteiger partial charge is 0.298 e. The van der Waals surface area contributed by atoms with Crippen molar-refractivity contribution in [3.8, 4) is 12.3 Å². The zero-order valence-electron chi connectivity index (χ0n) is 7.05. The number of Topliss-reactive ketones (excluding diaryl/α,β-unsaturated/α-hetero) is 1. The van der Waals surface area contributed by atoms with Crippen molar-refractivity contribution in [1.82, 2.24) is 4.90 Å². The monoisotopic (exact) mass is 151 g/mol. The van der Waals surface area contributed by atoms with Gasteiger partial charge in [-0.3, -0.25) is 9.69 Å². The molecule has 1 saturated heterocycles. The molecule has 1 fully saturated rings. The van der Waals surface area contributed by atoms with Crippen LogP contribution in [-0.2, 0) is 4.79 Å². The van der Waals surface area contributed by atoms with Gasteiger partial charge in [-0.1, -0.05) is 5.92 Å². The summed E-state index contributed by atoms with van der Waals surface area (Å²) in [7, 11) is 0. The van der Waals surface area contributed by atoms with E-state index >= 15 is 0 Å². The number of carbonyl (C=O) groups excluding carboxylic acids is 1. The summed E-state index contributed by atoms with van der Waals surface area (Å²) in [5.41, 5.74) is -0.258. The summed E-state index contributed by atoms with van der Waals surface area (Å²) in [6.45, 7) is 5.27. The van der Waals surface area contributed by atoms with Crippen LogP contribution in [0, 0.1) is 12.3 Å². The van der Waals surface area contributed by atoms with E-state index in [2.05, 4.69) is 5.92 Å². The second-order valence-electron chi connectivity index (χ2n) is 3.41. The Morgan fingerprint density at radius 2 is 2.27 bits per heavy atom. The molecule has 0 radical (unpaired) electrons. The summed E-state index contributed by atoms with van der Waals surface area (Å²) in [6.07, 6.45) is 5.99. The zero-order chi connectivity index (χ0) is 8.48. The zero-order valence-corrected chi connectivity index (χ0v) is 7.05. The molecule has 1 rings (SSSR count). The van der Waals surface area contributed by atoms with Gasteiger partial charge in [0.2, 0.25) is 0 Å². The fourth-order valence-corrected chi connectivity index (χ4v) is 1.20. The summed E-state index contributed by atoms with van der Waals surface area (Å²) in [6, 6.07) is 0. The average Bonchev–Trinajstić information content (AvgIpc) is 2.36. The molecule has 0 unspecified atom stereocenters. The topological polar surface area (TPSA) is 20.3 Å². The molecule has 0 aromatic rings. The minimum absolute atomic E-state index is 0.258. The fourth-order valence-electron chi connectivity index (χ4n) is 1.20. The molecule has 0 spiro atoms. The van der Waals surface area contributed by atoms with Gasteiger partial charge in [0.15, 0.2) is 0 Å². The summed E-state index contributed by atoms with van der Waals surface area (Å²) in [4.78, 5) is 12.9. The van der Waals surface area contributed by atoms with Crippen molar-refractivity contribution < 1.29 is 4.79 Å². The summed E-state index contributed by atoms with van der Waals surface area (Å²) >= 11 is 0. The Kier molecular flexibility index (Phi) is 2.01. The van der Waals surface area contributed by atoms with E-state index in [-0.39, 0.29) is 5.54 Å². The molecule has 0 atom stereocenters. The van der Waals surface area contributed by atoms with Crippen LogP contribution >= 0.6 is 0 Å².